The lowest BCUT2D eigenvalue weighted by molar-refractivity contribution is 0.118. The normalized spacial score (nSPS) is 37.4. The monoisotopic (exact) mass is 238 g/mol. The molecule has 2 fully saturated rings. The minimum Gasteiger partial charge on any atom is -0.316 e. The predicted molar refractivity (Wildman–Crippen MR) is 74.2 cm³/mol. The number of piperidine rings is 1. The van der Waals surface area contributed by atoms with Crippen molar-refractivity contribution in [1.82, 2.24) is 10.2 Å². The molecule has 2 rings (SSSR count). The van der Waals surface area contributed by atoms with E-state index in [1.54, 1.807) is 0 Å². The van der Waals surface area contributed by atoms with Crippen molar-refractivity contribution in [3.8, 4) is 0 Å². The number of hydrogen-bond acceptors (Lipinski definition) is 2. The van der Waals surface area contributed by atoms with Crippen LogP contribution in [0.3, 0.4) is 0 Å². The Kier molecular flexibility index (Phi) is 4.48. The number of hydrogen-bond donors (Lipinski definition) is 1. The largest absolute Gasteiger partial charge is 0.316 e. The van der Waals surface area contributed by atoms with Gasteiger partial charge in [-0.05, 0) is 56.5 Å². The summed E-state index contributed by atoms with van der Waals surface area (Å²) in [5.74, 6) is 1.99. The zero-order chi connectivity index (χ0) is 12.3. The van der Waals surface area contributed by atoms with Crippen molar-refractivity contribution >= 4 is 0 Å². The summed E-state index contributed by atoms with van der Waals surface area (Å²) in [4.78, 5) is 2.61. The van der Waals surface area contributed by atoms with Crippen LogP contribution in [0.1, 0.15) is 46.0 Å². The molecule has 100 valence electrons. The number of nitrogens with one attached hydrogen (secondary N) is 1. The van der Waals surface area contributed by atoms with Crippen LogP contribution in [0.4, 0.5) is 0 Å². The highest BCUT2D eigenvalue weighted by molar-refractivity contribution is 4.90. The number of rotatable bonds is 6. The molecule has 17 heavy (non-hydrogen) atoms. The summed E-state index contributed by atoms with van der Waals surface area (Å²) in [7, 11) is 2.33. The molecular formula is C15H30N2. The van der Waals surface area contributed by atoms with Gasteiger partial charge in [0.05, 0.1) is 0 Å². The summed E-state index contributed by atoms with van der Waals surface area (Å²) in [5, 5.41) is 3.62. The second kappa shape index (κ2) is 5.71. The van der Waals surface area contributed by atoms with Crippen molar-refractivity contribution in [2.24, 2.45) is 17.3 Å². The van der Waals surface area contributed by atoms with E-state index in [-0.39, 0.29) is 0 Å². The molecule has 0 radical (unpaired) electrons. The van der Waals surface area contributed by atoms with E-state index < -0.39 is 0 Å². The van der Waals surface area contributed by atoms with Crippen LogP contribution in [0.15, 0.2) is 0 Å². The van der Waals surface area contributed by atoms with Crippen LogP contribution in [0.25, 0.3) is 0 Å². The first-order chi connectivity index (χ1) is 8.15. The maximum absolute atomic E-state index is 3.62. The molecule has 0 aromatic rings. The highest BCUT2D eigenvalue weighted by Gasteiger charge is 2.36. The quantitative estimate of drug-likeness (QED) is 0.765. The molecule has 1 heterocycles. The molecule has 0 aromatic carbocycles. The molecule has 1 aliphatic carbocycles. The molecule has 2 heteroatoms. The summed E-state index contributed by atoms with van der Waals surface area (Å²) in [6, 6.07) is 0. The Labute approximate surface area is 107 Å². The highest BCUT2D eigenvalue weighted by Crippen LogP contribution is 2.39. The Balaban J connectivity index is 1.82. The first kappa shape index (κ1) is 13.4. The maximum atomic E-state index is 3.62. The lowest BCUT2D eigenvalue weighted by Gasteiger charge is -2.40. The summed E-state index contributed by atoms with van der Waals surface area (Å²) in [5.41, 5.74) is 0.569. The van der Waals surface area contributed by atoms with E-state index in [4.69, 9.17) is 0 Å². The average molecular weight is 238 g/mol. The van der Waals surface area contributed by atoms with Crippen molar-refractivity contribution in [2.75, 3.05) is 33.2 Å². The summed E-state index contributed by atoms with van der Waals surface area (Å²) in [6.07, 6.45) is 6.98. The minimum atomic E-state index is 0.569. The fraction of sp³-hybridized carbons (Fsp3) is 1.00. The van der Waals surface area contributed by atoms with Crippen LogP contribution in [-0.2, 0) is 0 Å². The molecule has 0 bridgehead atoms. The summed E-state index contributed by atoms with van der Waals surface area (Å²) >= 11 is 0. The highest BCUT2D eigenvalue weighted by atomic mass is 15.1. The predicted octanol–water partition coefficient (Wildman–Crippen LogP) is 2.74. The van der Waals surface area contributed by atoms with Crippen LogP contribution in [0.5, 0.6) is 0 Å². The topological polar surface area (TPSA) is 15.3 Å². The molecule has 3 atom stereocenters. The third kappa shape index (κ3) is 3.69. The zero-order valence-corrected chi connectivity index (χ0v) is 12.0. The van der Waals surface area contributed by atoms with E-state index >= 15 is 0 Å². The third-order valence-corrected chi connectivity index (χ3v) is 4.77. The standard InChI is InChI=1S/C15H30N2/c1-4-6-15(7-5-8-16-11-15)12-17(3)10-14-9-13(14)2/h13-14,16H,4-12H2,1-3H3. The van der Waals surface area contributed by atoms with Crippen LogP contribution >= 0.6 is 0 Å². The van der Waals surface area contributed by atoms with Gasteiger partial charge in [0.1, 0.15) is 0 Å². The van der Waals surface area contributed by atoms with Gasteiger partial charge >= 0.3 is 0 Å². The van der Waals surface area contributed by atoms with Crippen molar-refractivity contribution in [3.05, 3.63) is 0 Å². The van der Waals surface area contributed by atoms with Crippen molar-refractivity contribution < 1.29 is 0 Å². The van der Waals surface area contributed by atoms with Gasteiger partial charge in [-0.2, -0.15) is 0 Å². The van der Waals surface area contributed by atoms with Crippen LogP contribution in [0.2, 0.25) is 0 Å². The van der Waals surface area contributed by atoms with E-state index in [1.807, 2.05) is 0 Å². The van der Waals surface area contributed by atoms with Gasteiger partial charge in [0, 0.05) is 19.6 Å². The summed E-state index contributed by atoms with van der Waals surface area (Å²) < 4.78 is 0. The molecule has 0 spiro atoms. The van der Waals surface area contributed by atoms with Gasteiger partial charge in [-0.1, -0.05) is 20.3 Å². The van der Waals surface area contributed by atoms with E-state index in [1.165, 1.54) is 58.3 Å². The fourth-order valence-electron chi connectivity index (χ4n) is 3.68. The van der Waals surface area contributed by atoms with Gasteiger partial charge in [0.15, 0.2) is 0 Å². The van der Waals surface area contributed by atoms with Crippen LogP contribution in [0, 0.1) is 17.3 Å². The Morgan fingerprint density at radius 1 is 1.41 bits per heavy atom. The van der Waals surface area contributed by atoms with Crippen molar-refractivity contribution in [3.63, 3.8) is 0 Å². The first-order valence-electron chi connectivity index (χ1n) is 7.54. The average Bonchev–Trinajstić information content (AvgIpc) is 2.95. The van der Waals surface area contributed by atoms with Gasteiger partial charge in [-0.3, -0.25) is 0 Å². The Morgan fingerprint density at radius 3 is 2.71 bits per heavy atom. The Hall–Kier alpha value is -0.0800. The van der Waals surface area contributed by atoms with Gasteiger partial charge in [-0.15, -0.1) is 0 Å². The molecular weight excluding hydrogens is 208 g/mol. The molecule has 3 unspecified atom stereocenters. The molecule has 0 amide bonds. The van der Waals surface area contributed by atoms with E-state index in [0.29, 0.717) is 5.41 Å². The lowest BCUT2D eigenvalue weighted by Crippen LogP contribution is -2.47. The maximum Gasteiger partial charge on any atom is 0.00472 e. The summed E-state index contributed by atoms with van der Waals surface area (Å²) in [6.45, 7) is 9.83. The van der Waals surface area contributed by atoms with Gasteiger partial charge in [0.2, 0.25) is 0 Å². The molecule has 2 nitrogen and oxygen atoms in total. The smallest absolute Gasteiger partial charge is 0.00472 e. The van der Waals surface area contributed by atoms with Gasteiger partial charge < -0.3 is 10.2 Å². The first-order valence-corrected chi connectivity index (χ1v) is 7.54. The molecule has 1 saturated carbocycles. The second-order valence-electron chi connectivity index (χ2n) is 6.70. The number of nitrogens with zero attached hydrogens (tertiary/aromatic N) is 1. The van der Waals surface area contributed by atoms with Gasteiger partial charge in [0.25, 0.3) is 0 Å². The molecule has 0 aromatic heterocycles. The molecule has 1 aliphatic heterocycles. The van der Waals surface area contributed by atoms with Crippen molar-refractivity contribution in [2.45, 2.75) is 46.0 Å². The van der Waals surface area contributed by atoms with E-state index in [2.05, 4.69) is 31.1 Å². The van der Waals surface area contributed by atoms with E-state index in [9.17, 15) is 0 Å². The van der Waals surface area contributed by atoms with E-state index in [0.717, 1.165) is 11.8 Å². The molecule has 1 N–H and O–H groups in total. The SMILES string of the molecule is CCCC1(CN(C)CC2CC2C)CCCNC1. The molecule has 1 saturated heterocycles. The van der Waals surface area contributed by atoms with Crippen molar-refractivity contribution in [1.29, 1.82) is 0 Å². The van der Waals surface area contributed by atoms with Gasteiger partial charge in [-0.25, -0.2) is 0 Å². The van der Waals surface area contributed by atoms with Crippen LogP contribution < -0.4 is 5.32 Å². The fourth-order valence-corrected chi connectivity index (χ4v) is 3.68. The third-order valence-electron chi connectivity index (χ3n) is 4.77. The lowest BCUT2D eigenvalue weighted by atomic mass is 9.76. The Morgan fingerprint density at radius 2 is 2.18 bits per heavy atom. The van der Waals surface area contributed by atoms with Crippen LogP contribution in [-0.4, -0.2) is 38.1 Å². The zero-order valence-electron chi connectivity index (χ0n) is 12.0. The Bertz CT molecular complexity index is 228. The second-order valence-corrected chi connectivity index (χ2v) is 6.70. The minimum absolute atomic E-state index is 0.569. The molecule has 2 aliphatic rings.